The third kappa shape index (κ3) is 2.45. The molecule has 0 spiro atoms. The van der Waals surface area contributed by atoms with Crippen LogP contribution in [-0.2, 0) is 9.59 Å². The molecule has 4 nitrogen and oxygen atoms in total. The van der Waals surface area contributed by atoms with Crippen molar-refractivity contribution >= 4 is 17.6 Å². The van der Waals surface area contributed by atoms with Gasteiger partial charge in [-0.1, -0.05) is 30.3 Å². The molecule has 3 rings (SSSR count). The molecule has 1 amide bonds. The Kier molecular flexibility index (Phi) is 3.63. The normalized spacial score (nSPS) is 21.1. The molecular weight excluding hydrogens is 285 g/mol. The molecule has 0 aliphatic carbocycles. The van der Waals surface area contributed by atoms with Crippen molar-refractivity contribution in [3.63, 3.8) is 0 Å². The SMILES string of the molecule is O=C(O)[C@H]1[C@H](c2ccccc2)CC(=O)N1c1ccc(F)cc1. The van der Waals surface area contributed by atoms with E-state index >= 15 is 0 Å². The number of benzene rings is 2. The third-order valence-corrected chi connectivity index (χ3v) is 3.91. The monoisotopic (exact) mass is 299 g/mol. The van der Waals surface area contributed by atoms with Gasteiger partial charge in [0.25, 0.3) is 0 Å². The van der Waals surface area contributed by atoms with Gasteiger partial charge in [-0.15, -0.1) is 0 Å². The van der Waals surface area contributed by atoms with E-state index in [0.717, 1.165) is 5.56 Å². The predicted octanol–water partition coefficient (Wildman–Crippen LogP) is 2.80. The predicted molar refractivity (Wildman–Crippen MR) is 79.1 cm³/mol. The zero-order valence-corrected chi connectivity index (χ0v) is 11.6. The Morgan fingerprint density at radius 1 is 1.09 bits per heavy atom. The van der Waals surface area contributed by atoms with E-state index in [4.69, 9.17) is 0 Å². The average molecular weight is 299 g/mol. The molecule has 1 heterocycles. The van der Waals surface area contributed by atoms with Crippen LogP contribution in [0.1, 0.15) is 17.9 Å². The number of nitrogens with zero attached hydrogens (tertiary/aromatic N) is 1. The molecule has 0 saturated carbocycles. The fourth-order valence-corrected chi connectivity index (χ4v) is 2.92. The molecule has 1 fully saturated rings. The minimum absolute atomic E-state index is 0.123. The summed E-state index contributed by atoms with van der Waals surface area (Å²) in [6.07, 6.45) is 0.123. The van der Waals surface area contributed by atoms with Gasteiger partial charge in [-0.3, -0.25) is 9.69 Å². The Balaban J connectivity index is 2.01. The maximum atomic E-state index is 13.0. The fourth-order valence-electron chi connectivity index (χ4n) is 2.92. The average Bonchev–Trinajstić information content (AvgIpc) is 2.87. The molecule has 2 atom stereocenters. The van der Waals surface area contributed by atoms with Crippen molar-refractivity contribution in [1.29, 1.82) is 0 Å². The van der Waals surface area contributed by atoms with Gasteiger partial charge in [0.05, 0.1) is 0 Å². The molecule has 0 radical (unpaired) electrons. The number of hydrogen-bond donors (Lipinski definition) is 1. The number of halogens is 1. The molecular formula is C17H14FNO3. The number of aliphatic carboxylic acids is 1. The zero-order valence-electron chi connectivity index (χ0n) is 11.6. The van der Waals surface area contributed by atoms with Crippen molar-refractivity contribution in [3.05, 3.63) is 66.0 Å². The van der Waals surface area contributed by atoms with E-state index in [1.165, 1.54) is 29.2 Å². The molecule has 22 heavy (non-hydrogen) atoms. The van der Waals surface area contributed by atoms with Crippen LogP contribution < -0.4 is 4.90 Å². The van der Waals surface area contributed by atoms with Gasteiger partial charge in [0.1, 0.15) is 11.9 Å². The molecule has 2 aromatic rings. The molecule has 0 bridgehead atoms. The number of carboxylic acids is 1. The Labute approximate surface area is 126 Å². The van der Waals surface area contributed by atoms with Crippen LogP contribution >= 0.6 is 0 Å². The van der Waals surface area contributed by atoms with Crippen LogP contribution in [0.3, 0.4) is 0 Å². The van der Waals surface area contributed by atoms with Gasteiger partial charge in [-0.05, 0) is 29.8 Å². The summed E-state index contributed by atoms with van der Waals surface area (Å²) >= 11 is 0. The summed E-state index contributed by atoms with van der Waals surface area (Å²) in [7, 11) is 0. The lowest BCUT2D eigenvalue weighted by atomic mass is 9.91. The van der Waals surface area contributed by atoms with Gasteiger partial charge in [0.15, 0.2) is 0 Å². The summed E-state index contributed by atoms with van der Waals surface area (Å²) < 4.78 is 13.0. The molecule has 1 aliphatic heterocycles. The molecule has 1 N–H and O–H groups in total. The highest BCUT2D eigenvalue weighted by Crippen LogP contribution is 2.37. The summed E-state index contributed by atoms with van der Waals surface area (Å²) in [6, 6.07) is 13.4. The maximum absolute atomic E-state index is 13.0. The molecule has 0 unspecified atom stereocenters. The number of anilines is 1. The van der Waals surface area contributed by atoms with E-state index < -0.39 is 23.7 Å². The number of hydrogen-bond acceptors (Lipinski definition) is 2. The van der Waals surface area contributed by atoms with Crippen molar-refractivity contribution in [2.45, 2.75) is 18.4 Å². The van der Waals surface area contributed by atoms with Gasteiger partial charge in [-0.25, -0.2) is 9.18 Å². The second-order valence-electron chi connectivity index (χ2n) is 5.24. The third-order valence-electron chi connectivity index (χ3n) is 3.91. The maximum Gasteiger partial charge on any atom is 0.327 e. The van der Waals surface area contributed by atoms with Crippen molar-refractivity contribution < 1.29 is 19.1 Å². The fraction of sp³-hybridized carbons (Fsp3) is 0.176. The lowest BCUT2D eigenvalue weighted by Gasteiger charge is -2.25. The highest BCUT2D eigenvalue weighted by atomic mass is 19.1. The van der Waals surface area contributed by atoms with Crippen molar-refractivity contribution in [1.82, 2.24) is 0 Å². The van der Waals surface area contributed by atoms with E-state index in [1.807, 2.05) is 30.3 Å². The lowest BCUT2D eigenvalue weighted by molar-refractivity contribution is -0.139. The Hall–Kier alpha value is -2.69. The first kappa shape index (κ1) is 14.3. The second kappa shape index (κ2) is 5.60. The van der Waals surface area contributed by atoms with Gasteiger partial charge < -0.3 is 5.11 Å². The van der Waals surface area contributed by atoms with Gasteiger partial charge in [0.2, 0.25) is 5.91 Å². The smallest absolute Gasteiger partial charge is 0.327 e. The molecule has 5 heteroatoms. The van der Waals surface area contributed by atoms with Crippen LogP contribution in [0.4, 0.5) is 10.1 Å². The molecule has 112 valence electrons. The number of carboxylic acid groups (broad SMARTS) is 1. The van der Waals surface area contributed by atoms with Gasteiger partial charge in [0, 0.05) is 18.0 Å². The topological polar surface area (TPSA) is 57.6 Å². The largest absolute Gasteiger partial charge is 0.480 e. The van der Waals surface area contributed by atoms with Crippen LogP contribution in [0.2, 0.25) is 0 Å². The summed E-state index contributed by atoms with van der Waals surface area (Å²) in [5.41, 5.74) is 1.21. The van der Waals surface area contributed by atoms with Crippen molar-refractivity contribution in [2.24, 2.45) is 0 Å². The van der Waals surface area contributed by atoms with E-state index in [1.54, 1.807) is 0 Å². The van der Waals surface area contributed by atoms with Crippen LogP contribution in [0.25, 0.3) is 0 Å². The Bertz CT molecular complexity index is 700. The minimum Gasteiger partial charge on any atom is -0.480 e. The first-order valence-corrected chi connectivity index (χ1v) is 6.93. The number of carbonyl (C=O) groups is 2. The molecule has 0 aromatic heterocycles. The first-order valence-electron chi connectivity index (χ1n) is 6.93. The van der Waals surface area contributed by atoms with Crippen molar-refractivity contribution in [2.75, 3.05) is 4.90 Å². The van der Waals surface area contributed by atoms with Gasteiger partial charge >= 0.3 is 5.97 Å². The summed E-state index contributed by atoms with van der Waals surface area (Å²) in [6.45, 7) is 0. The van der Waals surface area contributed by atoms with Crippen LogP contribution in [0.15, 0.2) is 54.6 Å². The first-order chi connectivity index (χ1) is 10.6. The van der Waals surface area contributed by atoms with Crippen LogP contribution in [0, 0.1) is 5.82 Å². The Morgan fingerprint density at radius 3 is 2.32 bits per heavy atom. The molecule has 1 saturated heterocycles. The van der Waals surface area contributed by atoms with E-state index in [9.17, 15) is 19.1 Å². The van der Waals surface area contributed by atoms with Crippen molar-refractivity contribution in [3.8, 4) is 0 Å². The molecule has 2 aromatic carbocycles. The number of rotatable bonds is 3. The van der Waals surface area contributed by atoms with E-state index in [2.05, 4.69) is 0 Å². The quantitative estimate of drug-likeness (QED) is 0.948. The second-order valence-corrected chi connectivity index (χ2v) is 5.24. The molecule has 1 aliphatic rings. The highest BCUT2D eigenvalue weighted by Gasteiger charge is 2.45. The van der Waals surface area contributed by atoms with Crippen LogP contribution in [-0.4, -0.2) is 23.0 Å². The lowest BCUT2D eigenvalue weighted by Crippen LogP contribution is -2.40. The standard InChI is InChI=1S/C17H14FNO3/c18-12-6-8-13(9-7-12)19-15(20)10-14(16(19)17(21)22)11-4-2-1-3-5-11/h1-9,14,16H,10H2,(H,21,22)/t14-,16+/m0/s1. The Morgan fingerprint density at radius 2 is 1.73 bits per heavy atom. The van der Waals surface area contributed by atoms with E-state index in [0.29, 0.717) is 5.69 Å². The van der Waals surface area contributed by atoms with Crippen LogP contribution in [0.5, 0.6) is 0 Å². The minimum atomic E-state index is -1.07. The zero-order chi connectivity index (χ0) is 15.7. The summed E-state index contributed by atoms with van der Waals surface area (Å²) in [5.74, 6) is -2.19. The summed E-state index contributed by atoms with van der Waals surface area (Å²) in [5, 5.41) is 9.58. The number of amides is 1. The number of carbonyl (C=O) groups excluding carboxylic acids is 1. The van der Waals surface area contributed by atoms with E-state index in [-0.39, 0.29) is 12.3 Å². The summed E-state index contributed by atoms with van der Waals surface area (Å²) in [4.78, 5) is 25.3. The highest BCUT2D eigenvalue weighted by molar-refractivity contribution is 6.03. The van der Waals surface area contributed by atoms with Gasteiger partial charge in [-0.2, -0.15) is 0 Å².